The molecule has 1 fully saturated rings. The number of aromatic amines is 1. The lowest BCUT2D eigenvalue weighted by Gasteiger charge is -2.33. The Morgan fingerprint density at radius 2 is 2.04 bits per heavy atom. The molecule has 0 radical (unpaired) electrons. The fourth-order valence-electron chi connectivity index (χ4n) is 3.48. The minimum atomic E-state index is -0.516. The number of benzene rings is 1. The van der Waals surface area contributed by atoms with E-state index >= 15 is 0 Å². The van der Waals surface area contributed by atoms with Crippen molar-refractivity contribution in [3.05, 3.63) is 45.1 Å². The summed E-state index contributed by atoms with van der Waals surface area (Å²) in [4.78, 5) is 52.3. The first-order valence-electron chi connectivity index (χ1n) is 9.28. The summed E-state index contributed by atoms with van der Waals surface area (Å²) in [6.45, 7) is 3.13. The van der Waals surface area contributed by atoms with E-state index < -0.39 is 11.2 Å². The fraction of sp³-hybridized carbons (Fsp3) is 0.474. The van der Waals surface area contributed by atoms with E-state index in [0.717, 1.165) is 12.8 Å². The van der Waals surface area contributed by atoms with Crippen LogP contribution in [-0.2, 0) is 16.1 Å². The Morgan fingerprint density at radius 3 is 2.81 bits per heavy atom. The lowest BCUT2D eigenvalue weighted by Crippen LogP contribution is -2.49. The average molecular weight is 372 g/mol. The highest BCUT2D eigenvalue weighted by Crippen LogP contribution is 2.13. The molecule has 1 aliphatic heterocycles. The predicted octanol–water partition coefficient (Wildman–Crippen LogP) is 0.597. The number of amides is 2. The Labute approximate surface area is 156 Å². The van der Waals surface area contributed by atoms with E-state index in [-0.39, 0.29) is 30.8 Å². The number of aromatic nitrogens is 2. The van der Waals surface area contributed by atoms with Gasteiger partial charge >= 0.3 is 5.69 Å². The molecule has 1 aliphatic rings. The third kappa shape index (κ3) is 4.27. The van der Waals surface area contributed by atoms with Crippen molar-refractivity contribution < 1.29 is 9.59 Å². The SMILES string of the molecule is CCC(=O)N[C@@H]1CCCN(C(=O)CCn2c(=O)[nH]c(=O)c3ccccc32)C1. The Balaban J connectivity index is 1.69. The van der Waals surface area contributed by atoms with Gasteiger partial charge in [-0.2, -0.15) is 0 Å². The van der Waals surface area contributed by atoms with Crippen LogP contribution in [0.2, 0.25) is 0 Å². The second kappa shape index (κ2) is 8.20. The first-order chi connectivity index (χ1) is 13.0. The van der Waals surface area contributed by atoms with Gasteiger partial charge in [-0.3, -0.25) is 23.9 Å². The monoisotopic (exact) mass is 372 g/mol. The molecule has 2 N–H and O–H groups in total. The number of fused-ring (bicyclic) bond motifs is 1. The van der Waals surface area contributed by atoms with E-state index in [4.69, 9.17) is 0 Å². The number of carbonyl (C=O) groups is 2. The molecule has 1 aromatic carbocycles. The van der Waals surface area contributed by atoms with Gasteiger partial charge in [-0.1, -0.05) is 19.1 Å². The highest BCUT2D eigenvalue weighted by Gasteiger charge is 2.24. The zero-order valence-electron chi connectivity index (χ0n) is 15.4. The summed E-state index contributed by atoms with van der Waals surface area (Å²) in [5, 5.41) is 3.36. The number of nitrogens with zero attached hydrogens (tertiary/aromatic N) is 2. The molecule has 2 aromatic rings. The van der Waals surface area contributed by atoms with Crippen molar-refractivity contribution in [3.8, 4) is 0 Å². The number of nitrogens with one attached hydrogen (secondary N) is 2. The fourth-order valence-corrected chi connectivity index (χ4v) is 3.48. The van der Waals surface area contributed by atoms with Crippen LogP contribution in [0.4, 0.5) is 0 Å². The molecule has 144 valence electrons. The molecule has 0 aliphatic carbocycles. The van der Waals surface area contributed by atoms with E-state index in [0.29, 0.717) is 30.4 Å². The summed E-state index contributed by atoms with van der Waals surface area (Å²) < 4.78 is 1.43. The van der Waals surface area contributed by atoms with Crippen molar-refractivity contribution in [1.29, 1.82) is 0 Å². The van der Waals surface area contributed by atoms with Crippen LogP contribution in [0.3, 0.4) is 0 Å². The Kier molecular flexibility index (Phi) is 5.73. The number of hydrogen-bond acceptors (Lipinski definition) is 4. The van der Waals surface area contributed by atoms with E-state index in [1.165, 1.54) is 4.57 Å². The number of hydrogen-bond donors (Lipinski definition) is 2. The van der Waals surface area contributed by atoms with Crippen molar-refractivity contribution >= 4 is 22.7 Å². The molecule has 8 heteroatoms. The Hall–Kier alpha value is -2.90. The van der Waals surface area contributed by atoms with Gasteiger partial charge in [-0.15, -0.1) is 0 Å². The number of piperidine rings is 1. The molecule has 0 saturated carbocycles. The van der Waals surface area contributed by atoms with Crippen LogP contribution in [-0.4, -0.2) is 45.4 Å². The van der Waals surface area contributed by atoms with Gasteiger partial charge in [0.1, 0.15) is 0 Å². The molecule has 1 saturated heterocycles. The normalized spacial score (nSPS) is 17.1. The minimum absolute atomic E-state index is 0.0134. The van der Waals surface area contributed by atoms with Gasteiger partial charge in [-0.05, 0) is 25.0 Å². The number of para-hydroxylation sites is 1. The molecule has 2 amide bonds. The largest absolute Gasteiger partial charge is 0.352 e. The molecule has 1 atom stereocenters. The van der Waals surface area contributed by atoms with Gasteiger partial charge in [-0.25, -0.2) is 4.79 Å². The minimum Gasteiger partial charge on any atom is -0.352 e. The maximum Gasteiger partial charge on any atom is 0.328 e. The lowest BCUT2D eigenvalue weighted by molar-refractivity contribution is -0.133. The molecule has 2 heterocycles. The maximum atomic E-state index is 12.6. The molecule has 1 aromatic heterocycles. The first kappa shape index (κ1) is 18.9. The van der Waals surface area contributed by atoms with Crippen LogP contribution >= 0.6 is 0 Å². The topological polar surface area (TPSA) is 104 Å². The summed E-state index contributed by atoms with van der Waals surface area (Å²) in [5.74, 6) is -0.0758. The second-order valence-electron chi connectivity index (χ2n) is 6.78. The molecular weight excluding hydrogens is 348 g/mol. The highest BCUT2D eigenvalue weighted by molar-refractivity contribution is 5.79. The van der Waals surface area contributed by atoms with E-state index in [2.05, 4.69) is 10.3 Å². The molecule has 0 unspecified atom stereocenters. The number of likely N-dealkylation sites (tertiary alicyclic amines) is 1. The van der Waals surface area contributed by atoms with Crippen molar-refractivity contribution in [2.75, 3.05) is 13.1 Å². The summed E-state index contributed by atoms with van der Waals surface area (Å²) in [6, 6.07) is 6.82. The van der Waals surface area contributed by atoms with E-state index in [9.17, 15) is 19.2 Å². The van der Waals surface area contributed by atoms with E-state index in [1.807, 2.05) is 0 Å². The number of aryl methyl sites for hydroxylation is 1. The maximum absolute atomic E-state index is 12.6. The van der Waals surface area contributed by atoms with Gasteiger partial charge in [0.25, 0.3) is 5.56 Å². The summed E-state index contributed by atoms with van der Waals surface area (Å²) in [5.41, 5.74) is -0.423. The summed E-state index contributed by atoms with van der Waals surface area (Å²) >= 11 is 0. The number of H-pyrrole nitrogens is 1. The highest BCUT2D eigenvalue weighted by atomic mass is 16.2. The average Bonchev–Trinajstić information content (AvgIpc) is 2.67. The standard InChI is InChI=1S/C19H24N4O4/c1-2-16(24)20-13-6-5-10-22(12-13)17(25)9-11-23-15-8-4-3-7-14(15)18(26)21-19(23)27/h3-4,7-8,13H,2,5-6,9-12H2,1H3,(H,20,24)(H,21,26,27)/t13-/m1/s1. The molecule has 27 heavy (non-hydrogen) atoms. The third-order valence-corrected chi connectivity index (χ3v) is 4.91. The lowest BCUT2D eigenvalue weighted by atomic mass is 10.1. The predicted molar refractivity (Wildman–Crippen MR) is 101 cm³/mol. The van der Waals surface area contributed by atoms with Gasteiger partial charge in [0.15, 0.2) is 0 Å². The summed E-state index contributed by atoms with van der Waals surface area (Å²) in [6.07, 6.45) is 2.28. The van der Waals surface area contributed by atoms with Gasteiger partial charge < -0.3 is 10.2 Å². The van der Waals surface area contributed by atoms with Crippen molar-refractivity contribution in [2.45, 2.75) is 45.2 Å². The van der Waals surface area contributed by atoms with Crippen LogP contribution in [0.5, 0.6) is 0 Å². The zero-order chi connectivity index (χ0) is 19.4. The quantitative estimate of drug-likeness (QED) is 0.802. The molecule has 0 bridgehead atoms. The van der Waals surface area contributed by atoms with Crippen LogP contribution in [0, 0.1) is 0 Å². The van der Waals surface area contributed by atoms with Crippen LogP contribution < -0.4 is 16.6 Å². The smallest absolute Gasteiger partial charge is 0.328 e. The molecule has 8 nitrogen and oxygen atoms in total. The van der Waals surface area contributed by atoms with Gasteiger partial charge in [0.2, 0.25) is 11.8 Å². The first-order valence-corrected chi connectivity index (χ1v) is 9.28. The Morgan fingerprint density at radius 1 is 1.26 bits per heavy atom. The summed E-state index contributed by atoms with van der Waals surface area (Å²) in [7, 11) is 0. The van der Waals surface area contributed by atoms with Crippen molar-refractivity contribution in [3.63, 3.8) is 0 Å². The molecule has 0 spiro atoms. The van der Waals surface area contributed by atoms with Gasteiger partial charge in [0, 0.05) is 38.5 Å². The van der Waals surface area contributed by atoms with E-state index in [1.54, 1.807) is 36.1 Å². The number of rotatable bonds is 5. The van der Waals surface area contributed by atoms with Crippen LogP contribution in [0.1, 0.15) is 32.6 Å². The second-order valence-corrected chi connectivity index (χ2v) is 6.78. The number of carbonyl (C=O) groups excluding carboxylic acids is 2. The van der Waals surface area contributed by atoms with Crippen LogP contribution in [0.15, 0.2) is 33.9 Å². The van der Waals surface area contributed by atoms with Gasteiger partial charge in [0.05, 0.1) is 10.9 Å². The van der Waals surface area contributed by atoms with Crippen molar-refractivity contribution in [1.82, 2.24) is 19.8 Å². The van der Waals surface area contributed by atoms with Crippen LogP contribution in [0.25, 0.3) is 10.9 Å². The molecular formula is C19H24N4O4. The molecule has 3 rings (SSSR count). The van der Waals surface area contributed by atoms with Crippen molar-refractivity contribution in [2.24, 2.45) is 0 Å². The Bertz CT molecular complexity index is 962. The zero-order valence-corrected chi connectivity index (χ0v) is 15.4. The third-order valence-electron chi connectivity index (χ3n) is 4.91.